The zero-order valence-electron chi connectivity index (χ0n) is 60.3. The molecule has 0 saturated heterocycles. The van der Waals surface area contributed by atoms with Gasteiger partial charge in [-0.3, -0.25) is 0 Å². The molecule has 0 aromatic heterocycles. The van der Waals surface area contributed by atoms with Crippen LogP contribution in [0.5, 0.6) is 0 Å². The van der Waals surface area contributed by atoms with Crippen LogP contribution in [0.4, 0.5) is 34.1 Å². The third-order valence-electron chi connectivity index (χ3n) is 22.6. The lowest BCUT2D eigenvalue weighted by atomic mass is 9.67. The largest absolute Gasteiger partial charge is 0.310 e. The predicted molar refractivity (Wildman–Crippen MR) is 457 cm³/mol. The maximum atomic E-state index is 2.44. The topological polar surface area (TPSA) is 6.48 Å². The van der Waals surface area contributed by atoms with Gasteiger partial charge in [0.15, 0.2) is 0 Å². The molecule has 18 aromatic carbocycles. The molecule has 0 heterocycles. The van der Waals surface area contributed by atoms with E-state index < -0.39 is 5.41 Å². The van der Waals surface area contributed by atoms with Gasteiger partial charge < -0.3 is 9.80 Å². The van der Waals surface area contributed by atoms with Crippen LogP contribution in [-0.2, 0) is 10.8 Å². The third-order valence-corrected chi connectivity index (χ3v) is 22.6. The van der Waals surface area contributed by atoms with Gasteiger partial charge in [0.2, 0.25) is 0 Å². The van der Waals surface area contributed by atoms with Gasteiger partial charge in [-0.15, -0.1) is 0 Å². The van der Waals surface area contributed by atoms with E-state index in [1.54, 1.807) is 0 Å². The maximum Gasteiger partial charge on any atom is 0.0714 e. The molecule has 0 fully saturated rings. The van der Waals surface area contributed by atoms with E-state index in [0.717, 1.165) is 34.1 Å². The Hall–Kier alpha value is -13.7. The van der Waals surface area contributed by atoms with Crippen LogP contribution in [0, 0.1) is 0 Å². The van der Waals surface area contributed by atoms with Crippen molar-refractivity contribution in [1.82, 2.24) is 0 Å². The first kappa shape index (κ1) is 65.1. The lowest BCUT2D eigenvalue weighted by molar-refractivity contribution is 0.660. The summed E-state index contributed by atoms with van der Waals surface area (Å²) in [5, 5.41) is 7.54. The molecule has 18 aromatic rings. The van der Waals surface area contributed by atoms with Gasteiger partial charge in [-0.05, 0) is 216 Å². The van der Waals surface area contributed by atoms with Gasteiger partial charge in [0.1, 0.15) is 0 Å². The third kappa shape index (κ3) is 11.3. The first-order valence-corrected chi connectivity index (χ1v) is 37.5. The summed E-state index contributed by atoms with van der Waals surface area (Å²) in [6, 6.07) is 155. The van der Waals surface area contributed by atoms with Gasteiger partial charge in [-0.2, -0.15) is 0 Å². The highest BCUT2D eigenvalue weighted by molar-refractivity contribution is 6.06. The van der Waals surface area contributed by atoms with E-state index in [1.165, 1.54) is 144 Å². The van der Waals surface area contributed by atoms with Crippen LogP contribution in [0.2, 0.25) is 0 Å². The van der Waals surface area contributed by atoms with E-state index in [0.29, 0.717) is 0 Å². The molecule has 2 aliphatic rings. The molecule has 2 aliphatic carbocycles. The van der Waals surface area contributed by atoms with Crippen molar-refractivity contribution in [2.75, 3.05) is 9.80 Å². The summed E-state index contributed by atoms with van der Waals surface area (Å²) in [6.07, 6.45) is 0. The Labute approximate surface area is 632 Å². The Morgan fingerprint density at radius 3 is 0.991 bits per heavy atom. The van der Waals surface area contributed by atoms with Crippen molar-refractivity contribution in [3.63, 3.8) is 0 Å². The van der Waals surface area contributed by atoms with Crippen molar-refractivity contribution in [1.29, 1.82) is 0 Å². The average Bonchev–Trinajstić information content (AvgIpc) is 1.53. The molecule has 0 spiro atoms. The van der Waals surface area contributed by atoms with Crippen molar-refractivity contribution < 1.29 is 0 Å². The van der Waals surface area contributed by atoms with Crippen LogP contribution in [0.3, 0.4) is 0 Å². The van der Waals surface area contributed by atoms with E-state index in [2.05, 4.69) is 448 Å². The minimum Gasteiger partial charge on any atom is -0.310 e. The summed E-state index contributed by atoms with van der Waals surface area (Å²) >= 11 is 0. The molecular weight excluding hydrogens is 1300 g/mol. The molecular formula is C106H76N2. The molecule has 0 N–H and O–H groups in total. The molecule has 0 saturated carbocycles. The van der Waals surface area contributed by atoms with Gasteiger partial charge in [-0.1, -0.05) is 366 Å². The molecule has 510 valence electrons. The van der Waals surface area contributed by atoms with E-state index in [4.69, 9.17) is 0 Å². The Kier molecular flexibility index (Phi) is 16.5. The predicted octanol–water partition coefficient (Wildman–Crippen LogP) is 28.8. The van der Waals surface area contributed by atoms with E-state index in [-0.39, 0.29) is 5.41 Å². The van der Waals surface area contributed by atoms with Gasteiger partial charge in [0.05, 0.1) is 5.41 Å². The lowest BCUT2D eigenvalue weighted by Gasteiger charge is -2.35. The average molecular weight is 1380 g/mol. The number of fused-ring (bicyclic) bond motifs is 9. The van der Waals surface area contributed by atoms with Crippen molar-refractivity contribution in [2.45, 2.75) is 24.7 Å². The van der Waals surface area contributed by atoms with E-state index in [9.17, 15) is 0 Å². The number of hydrogen-bond acceptors (Lipinski definition) is 2. The summed E-state index contributed by atoms with van der Waals surface area (Å²) in [5.74, 6) is 0. The summed E-state index contributed by atoms with van der Waals surface area (Å²) in [6.45, 7) is 4.71. The SMILES string of the molecule is CC1(C)c2ccccc2-c2ccc(N(c3ccc(-c4ccc5ccccc5c4-c4ccccc4)cc3)c3ccc(-c4cccc5ccccc45)cc3)cc21.c1ccc(-c2c(-c3ccc(N(c4ccccc4)c4ccc5c(c4)C(c4ccccc4)(c4ccccc4)c4ccccc4-5)cc3)ccc3ccccc23)cc1. The van der Waals surface area contributed by atoms with Crippen molar-refractivity contribution in [3.05, 3.63) is 458 Å². The van der Waals surface area contributed by atoms with Gasteiger partial charge in [0, 0.05) is 39.5 Å². The quantitative estimate of drug-likeness (QED) is 0.114. The van der Waals surface area contributed by atoms with Crippen LogP contribution in [0.15, 0.2) is 425 Å². The fraction of sp³-hybridized carbons (Fsp3) is 0.0377. The van der Waals surface area contributed by atoms with Crippen LogP contribution in [0.1, 0.15) is 47.2 Å². The van der Waals surface area contributed by atoms with Gasteiger partial charge in [-0.25, -0.2) is 0 Å². The van der Waals surface area contributed by atoms with E-state index in [1.807, 2.05) is 0 Å². The minimum atomic E-state index is -0.472. The number of anilines is 6. The highest BCUT2D eigenvalue weighted by atomic mass is 15.1. The Bertz CT molecular complexity index is 6300. The summed E-state index contributed by atoms with van der Waals surface area (Å²) in [5.41, 5.74) is 31.5. The zero-order chi connectivity index (χ0) is 72.1. The molecule has 20 rings (SSSR count). The summed E-state index contributed by atoms with van der Waals surface area (Å²) in [7, 11) is 0. The highest BCUT2D eigenvalue weighted by Crippen LogP contribution is 2.58. The van der Waals surface area contributed by atoms with Crippen molar-refractivity contribution >= 4 is 66.4 Å². The Balaban J connectivity index is 0.000000147. The molecule has 0 unspecified atom stereocenters. The van der Waals surface area contributed by atoms with Crippen molar-refractivity contribution in [2.24, 2.45) is 0 Å². The number of nitrogens with zero attached hydrogens (tertiary/aromatic N) is 2. The molecule has 0 aliphatic heterocycles. The fourth-order valence-corrected chi connectivity index (χ4v) is 17.6. The number of rotatable bonds is 13. The Morgan fingerprint density at radius 2 is 0.500 bits per heavy atom. The highest BCUT2D eigenvalue weighted by Gasteiger charge is 2.46. The molecule has 0 radical (unpaired) electrons. The second kappa shape index (κ2) is 27.4. The molecule has 108 heavy (non-hydrogen) atoms. The van der Waals surface area contributed by atoms with Gasteiger partial charge in [0.25, 0.3) is 0 Å². The lowest BCUT2D eigenvalue weighted by Crippen LogP contribution is -2.28. The van der Waals surface area contributed by atoms with Crippen LogP contribution in [-0.4, -0.2) is 0 Å². The standard InChI is InChI=1S/C53H37N.C53H39N/c1-5-18-40(19-6-1)52-46-26-14-13-17-38(46)31-35-47(52)39-29-32-44(33-30-39)54(43-24-11-4-12-25-43)45-34-36-49-48-27-15-16-28-50(48)53(51(49)37-45,41-20-7-2-8-21-41)42-22-9-3-10-23-42;1-53(2)50-22-11-10-20-48(50)49-34-32-43(35-51(49)53)54(41-28-23-38(24-29-41)45-21-12-17-36-13-6-8-18-44(36)45)42-30-25-39(26-31-42)47-33-27-37-14-7-9-19-46(37)52(47)40-15-4-3-5-16-40/h1-37H;3-35H,1-2H3. The van der Waals surface area contributed by atoms with Gasteiger partial charge >= 0.3 is 0 Å². The van der Waals surface area contributed by atoms with Crippen LogP contribution < -0.4 is 9.80 Å². The van der Waals surface area contributed by atoms with Crippen LogP contribution >= 0.6 is 0 Å². The second-order valence-electron chi connectivity index (χ2n) is 29.0. The first-order chi connectivity index (χ1) is 53.3. The molecule has 0 amide bonds. The van der Waals surface area contributed by atoms with Crippen molar-refractivity contribution in [3.8, 4) is 77.9 Å². The molecule has 2 nitrogen and oxygen atoms in total. The number of para-hydroxylation sites is 1. The first-order valence-electron chi connectivity index (χ1n) is 37.5. The normalized spacial score (nSPS) is 12.7. The second-order valence-corrected chi connectivity index (χ2v) is 29.0. The fourth-order valence-electron chi connectivity index (χ4n) is 17.6. The maximum absolute atomic E-state index is 2.44. The monoisotopic (exact) mass is 1380 g/mol. The minimum absolute atomic E-state index is 0.0976. The zero-order valence-corrected chi connectivity index (χ0v) is 60.3. The molecule has 2 heteroatoms. The Morgan fingerprint density at radius 1 is 0.185 bits per heavy atom. The van der Waals surface area contributed by atoms with E-state index >= 15 is 0 Å². The number of hydrogen-bond donors (Lipinski definition) is 0. The summed E-state index contributed by atoms with van der Waals surface area (Å²) < 4.78 is 0. The molecule has 0 atom stereocenters. The van der Waals surface area contributed by atoms with Crippen LogP contribution in [0.25, 0.3) is 110 Å². The smallest absolute Gasteiger partial charge is 0.0714 e. The molecule has 0 bridgehead atoms. The summed E-state index contributed by atoms with van der Waals surface area (Å²) in [4.78, 5) is 4.81. The number of benzene rings is 18.